The minimum Gasteiger partial charge on any atom is -0.376 e. The number of hydrogen-bond acceptors (Lipinski definition) is 6. The summed E-state index contributed by atoms with van der Waals surface area (Å²) >= 11 is 0. The average Bonchev–Trinajstić information content (AvgIpc) is 2.96. The fourth-order valence-electron chi connectivity index (χ4n) is 2.12. The minimum absolute atomic E-state index is 0.313. The monoisotopic (exact) mass is 265 g/mol. The SMILES string of the molecule is CN(CCCN)c1cc(NCC2CCCO2)ncn1. The van der Waals surface area contributed by atoms with E-state index in [-0.39, 0.29) is 0 Å². The maximum absolute atomic E-state index is 5.58. The van der Waals surface area contributed by atoms with Crippen LogP contribution in [0.1, 0.15) is 19.3 Å². The summed E-state index contributed by atoms with van der Waals surface area (Å²) in [6.45, 7) is 3.28. The van der Waals surface area contributed by atoms with Crippen LogP contribution in [0.3, 0.4) is 0 Å². The Kier molecular flexibility index (Phi) is 5.35. The lowest BCUT2D eigenvalue weighted by atomic mass is 10.2. The Morgan fingerprint density at radius 1 is 1.53 bits per heavy atom. The highest BCUT2D eigenvalue weighted by Crippen LogP contribution is 2.15. The van der Waals surface area contributed by atoms with Crippen LogP contribution in [0.25, 0.3) is 0 Å². The third-order valence-corrected chi connectivity index (χ3v) is 3.28. The highest BCUT2D eigenvalue weighted by molar-refractivity contribution is 5.47. The second-order valence-electron chi connectivity index (χ2n) is 4.84. The molecule has 1 aromatic rings. The van der Waals surface area contributed by atoms with Crippen molar-refractivity contribution in [1.82, 2.24) is 9.97 Å². The van der Waals surface area contributed by atoms with Crippen LogP contribution in [0.4, 0.5) is 11.6 Å². The van der Waals surface area contributed by atoms with E-state index >= 15 is 0 Å². The van der Waals surface area contributed by atoms with Crippen molar-refractivity contribution in [2.45, 2.75) is 25.4 Å². The molecule has 1 aliphatic rings. The Labute approximate surface area is 114 Å². The molecule has 0 amide bonds. The molecule has 1 saturated heterocycles. The quantitative estimate of drug-likeness (QED) is 0.761. The van der Waals surface area contributed by atoms with Crippen LogP contribution >= 0.6 is 0 Å². The lowest BCUT2D eigenvalue weighted by Crippen LogP contribution is -2.23. The van der Waals surface area contributed by atoms with Gasteiger partial charge in [0.1, 0.15) is 18.0 Å². The van der Waals surface area contributed by atoms with Gasteiger partial charge in [0.2, 0.25) is 0 Å². The molecule has 2 heterocycles. The van der Waals surface area contributed by atoms with Crippen molar-refractivity contribution in [3.8, 4) is 0 Å². The molecule has 6 heteroatoms. The molecule has 1 aliphatic heterocycles. The van der Waals surface area contributed by atoms with E-state index in [1.807, 2.05) is 13.1 Å². The van der Waals surface area contributed by atoms with Gasteiger partial charge in [0.25, 0.3) is 0 Å². The zero-order valence-electron chi connectivity index (χ0n) is 11.5. The maximum Gasteiger partial charge on any atom is 0.133 e. The molecule has 0 aromatic carbocycles. The number of aromatic nitrogens is 2. The van der Waals surface area contributed by atoms with Crippen LogP contribution in [0.5, 0.6) is 0 Å². The van der Waals surface area contributed by atoms with Gasteiger partial charge in [0, 0.05) is 32.8 Å². The van der Waals surface area contributed by atoms with Crippen LogP contribution < -0.4 is 16.0 Å². The van der Waals surface area contributed by atoms with Crippen molar-refractivity contribution < 1.29 is 4.74 Å². The number of nitrogens with zero attached hydrogens (tertiary/aromatic N) is 3. The van der Waals surface area contributed by atoms with Crippen LogP contribution in [-0.4, -0.2) is 49.4 Å². The topological polar surface area (TPSA) is 76.3 Å². The van der Waals surface area contributed by atoms with Crippen LogP contribution in [0.2, 0.25) is 0 Å². The van der Waals surface area contributed by atoms with Gasteiger partial charge >= 0.3 is 0 Å². The Morgan fingerprint density at radius 2 is 2.42 bits per heavy atom. The number of hydrogen-bond donors (Lipinski definition) is 2. The van der Waals surface area contributed by atoms with Gasteiger partial charge in [-0.2, -0.15) is 0 Å². The molecule has 6 nitrogen and oxygen atoms in total. The molecule has 0 radical (unpaired) electrons. The van der Waals surface area contributed by atoms with E-state index in [4.69, 9.17) is 10.5 Å². The maximum atomic E-state index is 5.58. The van der Waals surface area contributed by atoms with E-state index in [0.29, 0.717) is 12.6 Å². The lowest BCUT2D eigenvalue weighted by Gasteiger charge is -2.18. The minimum atomic E-state index is 0.313. The summed E-state index contributed by atoms with van der Waals surface area (Å²) in [6.07, 6.45) is 5.14. The molecule has 106 valence electrons. The highest BCUT2D eigenvalue weighted by atomic mass is 16.5. The predicted molar refractivity (Wildman–Crippen MR) is 76.4 cm³/mol. The smallest absolute Gasteiger partial charge is 0.133 e. The first kappa shape index (κ1) is 14.0. The Balaban J connectivity index is 1.86. The van der Waals surface area contributed by atoms with Gasteiger partial charge in [0.05, 0.1) is 6.10 Å². The van der Waals surface area contributed by atoms with Crippen molar-refractivity contribution in [2.24, 2.45) is 5.73 Å². The summed E-state index contributed by atoms with van der Waals surface area (Å²) in [5, 5.41) is 3.31. The first-order valence-corrected chi connectivity index (χ1v) is 6.88. The van der Waals surface area contributed by atoms with Gasteiger partial charge in [-0.3, -0.25) is 0 Å². The molecule has 0 saturated carbocycles. The number of anilines is 2. The van der Waals surface area contributed by atoms with Crippen molar-refractivity contribution in [2.75, 3.05) is 43.5 Å². The van der Waals surface area contributed by atoms with Crippen molar-refractivity contribution in [3.05, 3.63) is 12.4 Å². The highest BCUT2D eigenvalue weighted by Gasteiger charge is 2.15. The summed E-state index contributed by atoms with van der Waals surface area (Å²) in [6, 6.07) is 1.96. The van der Waals surface area contributed by atoms with E-state index in [9.17, 15) is 0 Å². The molecule has 19 heavy (non-hydrogen) atoms. The van der Waals surface area contributed by atoms with Gasteiger partial charge in [-0.1, -0.05) is 0 Å². The fourth-order valence-corrected chi connectivity index (χ4v) is 2.12. The average molecular weight is 265 g/mol. The van der Waals surface area contributed by atoms with Gasteiger partial charge in [0.15, 0.2) is 0 Å². The Bertz CT molecular complexity index is 381. The van der Waals surface area contributed by atoms with Gasteiger partial charge in [-0.25, -0.2) is 9.97 Å². The summed E-state index contributed by atoms with van der Waals surface area (Å²) in [5.74, 6) is 1.76. The lowest BCUT2D eigenvalue weighted by molar-refractivity contribution is 0.120. The number of nitrogens with one attached hydrogen (secondary N) is 1. The molecule has 3 N–H and O–H groups in total. The van der Waals surface area contributed by atoms with Crippen LogP contribution in [0, 0.1) is 0 Å². The molecule has 0 spiro atoms. The number of rotatable bonds is 7. The molecular formula is C13H23N5O. The van der Waals surface area contributed by atoms with Crippen molar-refractivity contribution in [1.29, 1.82) is 0 Å². The first-order chi connectivity index (χ1) is 9.29. The van der Waals surface area contributed by atoms with E-state index in [1.165, 1.54) is 0 Å². The standard InChI is InChI=1S/C13H23N5O/c1-18(6-3-5-14)13-8-12(16-10-17-13)15-9-11-4-2-7-19-11/h8,10-11H,2-7,9,14H2,1H3,(H,15,16,17). The van der Waals surface area contributed by atoms with Crippen LogP contribution in [0.15, 0.2) is 12.4 Å². The molecular weight excluding hydrogens is 242 g/mol. The van der Waals surface area contributed by atoms with E-state index in [2.05, 4.69) is 20.2 Å². The zero-order valence-corrected chi connectivity index (χ0v) is 11.5. The van der Waals surface area contributed by atoms with Crippen molar-refractivity contribution in [3.63, 3.8) is 0 Å². The normalized spacial score (nSPS) is 18.5. The second kappa shape index (κ2) is 7.25. The largest absolute Gasteiger partial charge is 0.376 e. The first-order valence-electron chi connectivity index (χ1n) is 6.88. The molecule has 0 aliphatic carbocycles. The Hall–Kier alpha value is -1.40. The molecule has 2 rings (SSSR count). The molecule has 0 bridgehead atoms. The van der Waals surface area contributed by atoms with E-state index in [0.717, 1.165) is 50.6 Å². The van der Waals surface area contributed by atoms with E-state index in [1.54, 1.807) is 6.33 Å². The van der Waals surface area contributed by atoms with Gasteiger partial charge in [-0.15, -0.1) is 0 Å². The van der Waals surface area contributed by atoms with Gasteiger partial charge < -0.3 is 20.7 Å². The van der Waals surface area contributed by atoms with Gasteiger partial charge in [-0.05, 0) is 25.8 Å². The summed E-state index contributed by atoms with van der Waals surface area (Å²) < 4.78 is 5.58. The molecule has 1 unspecified atom stereocenters. The summed E-state index contributed by atoms with van der Waals surface area (Å²) in [4.78, 5) is 10.6. The zero-order chi connectivity index (χ0) is 13.5. The Morgan fingerprint density at radius 3 is 3.16 bits per heavy atom. The van der Waals surface area contributed by atoms with Crippen LogP contribution in [-0.2, 0) is 4.74 Å². The van der Waals surface area contributed by atoms with E-state index < -0.39 is 0 Å². The molecule has 1 fully saturated rings. The predicted octanol–water partition coefficient (Wildman–Crippen LogP) is 0.852. The number of nitrogens with two attached hydrogens (primary N) is 1. The fraction of sp³-hybridized carbons (Fsp3) is 0.692. The third-order valence-electron chi connectivity index (χ3n) is 3.28. The second-order valence-corrected chi connectivity index (χ2v) is 4.84. The van der Waals surface area contributed by atoms with Crippen molar-refractivity contribution >= 4 is 11.6 Å². The molecule has 1 atom stereocenters. The summed E-state index contributed by atoms with van der Waals surface area (Å²) in [5.41, 5.74) is 5.52. The molecule has 1 aromatic heterocycles. The third kappa shape index (κ3) is 4.33. The summed E-state index contributed by atoms with van der Waals surface area (Å²) in [7, 11) is 2.02. The number of ether oxygens (including phenoxy) is 1.